The van der Waals surface area contributed by atoms with Crippen molar-refractivity contribution in [3.05, 3.63) is 65.2 Å². The van der Waals surface area contributed by atoms with E-state index in [1.807, 2.05) is 0 Å². The number of benzene rings is 2. The molecule has 0 unspecified atom stereocenters. The molecule has 0 amide bonds. The van der Waals surface area contributed by atoms with Gasteiger partial charge in [0.1, 0.15) is 5.75 Å². The number of halogens is 4. The van der Waals surface area contributed by atoms with Crippen LogP contribution in [0, 0.1) is 23.5 Å². The molecule has 0 atom stereocenters. The highest BCUT2D eigenvalue weighted by Crippen LogP contribution is 2.34. The Morgan fingerprint density at radius 3 is 2.14 bits per heavy atom. The molecule has 2 aromatic carbocycles. The van der Waals surface area contributed by atoms with Gasteiger partial charge in [-0.25, -0.2) is 8.78 Å². The largest absolute Gasteiger partial charge is 0.429 e. The Labute approximate surface area is 163 Å². The molecule has 0 spiro atoms. The Morgan fingerprint density at radius 1 is 0.893 bits per heavy atom. The van der Waals surface area contributed by atoms with Gasteiger partial charge in [-0.1, -0.05) is 51.2 Å². The monoisotopic (exact) mass is 394 g/mol. The van der Waals surface area contributed by atoms with Crippen LogP contribution in [0.2, 0.25) is 0 Å². The smallest absolute Gasteiger partial charge is 0.426 e. The van der Waals surface area contributed by atoms with Crippen molar-refractivity contribution in [3.8, 4) is 5.75 Å². The fraction of sp³-hybridized carbons (Fsp3) is 0.478. The third-order valence-corrected chi connectivity index (χ3v) is 5.81. The molecule has 1 aliphatic carbocycles. The first-order valence-electron chi connectivity index (χ1n) is 9.98. The van der Waals surface area contributed by atoms with Gasteiger partial charge in [-0.05, 0) is 60.6 Å². The van der Waals surface area contributed by atoms with Gasteiger partial charge in [-0.15, -0.1) is 0 Å². The molecule has 28 heavy (non-hydrogen) atoms. The second-order valence-corrected chi connectivity index (χ2v) is 7.73. The highest BCUT2D eigenvalue weighted by atomic mass is 19.3. The fourth-order valence-electron chi connectivity index (χ4n) is 3.91. The topological polar surface area (TPSA) is 9.23 Å². The molecule has 5 heteroatoms. The van der Waals surface area contributed by atoms with Gasteiger partial charge in [-0.2, -0.15) is 8.78 Å². The molecule has 1 saturated carbocycles. The summed E-state index contributed by atoms with van der Waals surface area (Å²) >= 11 is 0. The molecule has 0 aromatic heterocycles. The summed E-state index contributed by atoms with van der Waals surface area (Å²) in [5.41, 5.74) is 0.360. The van der Waals surface area contributed by atoms with Crippen molar-refractivity contribution < 1.29 is 22.3 Å². The Bertz CT molecular complexity index is 765. The average Bonchev–Trinajstić information content (AvgIpc) is 2.69. The summed E-state index contributed by atoms with van der Waals surface area (Å²) in [6.45, 7) is 2.25. The lowest BCUT2D eigenvalue weighted by Gasteiger charge is -2.27. The highest BCUT2D eigenvalue weighted by Gasteiger charge is 2.35. The van der Waals surface area contributed by atoms with E-state index >= 15 is 0 Å². The molecule has 0 N–H and O–H groups in total. The van der Waals surface area contributed by atoms with E-state index in [1.54, 1.807) is 12.1 Å². The van der Waals surface area contributed by atoms with Crippen LogP contribution in [0.15, 0.2) is 42.5 Å². The highest BCUT2D eigenvalue weighted by molar-refractivity contribution is 5.29. The average molecular weight is 394 g/mol. The second kappa shape index (κ2) is 8.97. The van der Waals surface area contributed by atoms with Crippen LogP contribution in [-0.4, -0.2) is 0 Å². The lowest BCUT2D eigenvalue weighted by Crippen LogP contribution is -2.22. The molecule has 152 valence electrons. The number of rotatable bonds is 7. The minimum atomic E-state index is -3.74. The maximum absolute atomic E-state index is 14.2. The molecule has 1 nitrogen and oxygen atoms in total. The summed E-state index contributed by atoms with van der Waals surface area (Å²) in [6.07, 6.45) is 4.74. The van der Waals surface area contributed by atoms with E-state index in [2.05, 4.69) is 6.92 Å². The van der Waals surface area contributed by atoms with Crippen molar-refractivity contribution in [3.63, 3.8) is 0 Å². The third kappa shape index (κ3) is 5.27. The van der Waals surface area contributed by atoms with Crippen LogP contribution in [0.1, 0.15) is 56.6 Å². The Hall–Kier alpha value is -2.04. The number of hydrogen-bond acceptors (Lipinski definition) is 1. The lowest BCUT2D eigenvalue weighted by atomic mass is 9.78. The van der Waals surface area contributed by atoms with Crippen LogP contribution in [0.3, 0.4) is 0 Å². The first kappa shape index (κ1) is 20.7. The van der Waals surface area contributed by atoms with Crippen molar-refractivity contribution in [2.24, 2.45) is 11.8 Å². The summed E-state index contributed by atoms with van der Waals surface area (Å²) in [7, 11) is 0. The second-order valence-electron chi connectivity index (χ2n) is 7.73. The van der Waals surface area contributed by atoms with Gasteiger partial charge < -0.3 is 4.74 Å². The zero-order valence-electron chi connectivity index (χ0n) is 16.1. The van der Waals surface area contributed by atoms with Gasteiger partial charge in [0.25, 0.3) is 0 Å². The van der Waals surface area contributed by atoms with Gasteiger partial charge in [-0.3, -0.25) is 0 Å². The van der Waals surface area contributed by atoms with Gasteiger partial charge in [0.05, 0.1) is 5.56 Å². The molecule has 0 aliphatic heterocycles. The zero-order valence-corrected chi connectivity index (χ0v) is 16.1. The van der Waals surface area contributed by atoms with Crippen LogP contribution in [0.25, 0.3) is 0 Å². The van der Waals surface area contributed by atoms with Gasteiger partial charge >= 0.3 is 6.11 Å². The van der Waals surface area contributed by atoms with E-state index in [0.717, 1.165) is 36.3 Å². The number of alkyl halides is 2. The molecule has 0 saturated heterocycles. The number of aryl methyl sites for hydroxylation is 1. The number of hydrogen-bond donors (Lipinski definition) is 0. The van der Waals surface area contributed by atoms with Crippen molar-refractivity contribution in [2.45, 2.75) is 58.0 Å². The van der Waals surface area contributed by atoms with Gasteiger partial charge in [0.15, 0.2) is 11.6 Å². The van der Waals surface area contributed by atoms with Gasteiger partial charge in [0, 0.05) is 0 Å². The van der Waals surface area contributed by atoms with Crippen LogP contribution < -0.4 is 4.74 Å². The maximum atomic E-state index is 14.2. The van der Waals surface area contributed by atoms with Gasteiger partial charge in [0.2, 0.25) is 0 Å². The van der Waals surface area contributed by atoms with E-state index < -0.39 is 23.3 Å². The Morgan fingerprint density at radius 2 is 1.54 bits per heavy atom. The van der Waals surface area contributed by atoms with Crippen molar-refractivity contribution in [2.75, 3.05) is 0 Å². The maximum Gasteiger partial charge on any atom is 0.426 e. The van der Waals surface area contributed by atoms with Crippen LogP contribution in [-0.2, 0) is 12.5 Å². The fourth-order valence-corrected chi connectivity index (χ4v) is 3.91. The molecule has 0 radical (unpaired) electrons. The summed E-state index contributed by atoms with van der Waals surface area (Å²) in [5.74, 6) is -0.890. The lowest BCUT2D eigenvalue weighted by molar-refractivity contribution is -0.185. The normalized spacial score (nSPS) is 20.2. The zero-order chi connectivity index (χ0) is 20.1. The van der Waals surface area contributed by atoms with Crippen molar-refractivity contribution in [1.82, 2.24) is 0 Å². The van der Waals surface area contributed by atoms with E-state index in [1.165, 1.54) is 44.2 Å². The Balaban J connectivity index is 1.54. The summed E-state index contributed by atoms with van der Waals surface area (Å²) in [4.78, 5) is 0. The molecular weight excluding hydrogens is 368 g/mol. The standard InChI is InChI=1S/C23H26F4O/c1-2-16-3-5-17(6-4-16)7-8-18-9-12-20(13-10-18)28-23(26,27)19-11-14-21(24)22(25)15-19/h9-17H,2-8H2,1H3. The van der Waals surface area contributed by atoms with Crippen molar-refractivity contribution >= 4 is 0 Å². The minimum absolute atomic E-state index is 0.0121. The van der Waals surface area contributed by atoms with Crippen LogP contribution in [0.4, 0.5) is 17.6 Å². The molecule has 3 rings (SSSR count). The number of ether oxygens (including phenoxy) is 1. The van der Waals surface area contributed by atoms with Crippen molar-refractivity contribution in [1.29, 1.82) is 0 Å². The molecule has 0 heterocycles. The molecule has 0 bridgehead atoms. The van der Waals surface area contributed by atoms with Crippen LogP contribution >= 0.6 is 0 Å². The van der Waals surface area contributed by atoms with E-state index in [-0.39, 0.29) is 5.75 Å². The molecular formula is C23H26F4O. The molecule has 1 fully saturated rings. The first-order valence-corrected chi connectivity index (χ1v) is 9.98. The summed E-state index contributed by atoms with van der Waals surface area (Å²) in [6, 6.07) is 8.51. The van der Waals surface area contributed by atoms with Crippen LogP contribution in [0.5, 0.6) is 5.75 Å². The minimum Gasteiger partial charge on any atom is -0.429 e. The Kier molecular flexibility index (Phi) is 6.63. The van der Waals surface area contributed by atoms with E-state index in [9.17, 15) is 17.6 Å². The van der Waals surface area contributed by atoms with E-state index in [4.69, 9.17) is 4.74 Å². The predicted molar refractivity (Wildman–Crippen MR) is 101 cm³/mol. The third-order valence-electron chi connectivity index (χ3n) is 5.81. The molecule has 1 aliphatic rings. The molecule has 2 aromatic rings. The predicted octanol–water partition coefficient (Wildman–Crippen LogP) is 7.24. The SMILES string of the molecule is CCC1CCC(CCc2ccc(OC(F)(F)c3ccc(F)c(F)c3)cc2)CC1. The van der Waals surface area contributed by atoms with E-state index in [0.29, 0.717) is 12.1 Å². The first-order chi connectivity index (χ1) is 13.4. The summed E-state index contributed by atoms with van der Waals surface area (Å²) in [5, 5.41) is 0. The summed E-state index contributed by atoms with van der Waals surface area (Å²) < 4.78 is 59.3. The quantitative estimate of drug-likeness (QED) is 0.450.